The van der Waals surface area contributed by atoms with Crippen molar-refractivity contribution >= 4 is 16.6 Å². The van der Waals surface area contributed by atoms with Crippen LogP contribution in [0, 0.1) is 0 Å². The van der Waals surface area contributed by atoms with Crippen molar-refractivity contribution in [2.45, 2.75) is 12.8 Å². The standard InChI is InChI=1S/C16H17N3/c1-12(13-5-3-2-4-6-13)10-17-15-8-7-14-11-18-19-16(14)9-15/h2-9,11-12,17H,10H2,1H3,(H,18,19). The number of nitrogens with one attached hydrogen (secondary N) is 2. The van der Waals surface area contributed by atoms with E-state index in [9.17, 15) is 0 Å². The molecule has 3 heteroatoms. The van der Waals surface area contributed by atoms with Crippen LogP contribution in [0.4, 0.5) is 5.69 Å². The lowest BCUT2D eigenvalue weighted by molar-refractivity contribution is 0.805. The summed E-state index contributed by atoms with van der Waals surface area (Å²) in [6.45, 7) is 3.15. The predicted molar refractivity (Wildman–Crippen MR) is 79.4 cm³/mol. The van der Waals surface area contributed by atoms with Crippen molar-refractivity contribution in [2.24, 2.45) is 0 Å². The molecule has 96 valence electrons. The lowest BCUT2D eigenvalue weighted by atomic mass is 10.0. The molecular weight excluding hydrogens is 234 g/mol. The zero-order chi connectivity index (χ0) is 13.1. The molecule has 0 fully saturated rings. The molecule has 1 aromatic heterocycles. The summed E-state index contributed by atoms with van der Waals surface area (Å²) in [6.07, 6.45) is 1.84. The number of nitrogens with zero attached hydrogens (tertiary/aromatic N) is 1. The molecule has 1 heterocycles. The van der Waals surface area contributed by atoms with Crippen LogP contribution in [-0.2, 0) is 0 Å². The van der Waals surface area contributed by atoms with Crippen LogP contribution in [-0.4, -0.2) is 16.7 Å². The van der Waals surface area contributed by atoms with Crippen LogP contribution in [0.15, 0.2) is 54.7 Å². The van der Waals surface area contributed by atoms with Gasteiger partial charge in [0.15, 0.2) is 0 Å². The van der Waals surface area contributed by atoms with Gasteiger partial charge < -0.3 is 5.32 Å². The van der Waals surface area contributed by atoms with Gasteiger partial charge in [-0.25, -0.2) is 0 Å². The fourth-order valence-corrected chi connectivity index (χ4v) is 2.22. The van der Waals surface area contributed by atoms with Gasteiger partial charge in [-0.1, -0.05) is 37.3 Å². The van der Waals surface area contributed by atoms with Crippen molar-refractivity contribution in [2.75, 3.05) is 11.9 Å². The summed E-state index contributed by atoms with van der Waals surface area (Å²) in [4.78, 5) is 0. The van der Waals surface area contributed by atoms with Gasteiger partial charge in [0.1, 0.15) is 0 Å². The zero-order valence-electron chi connectivity index (χ0n) is 10.9. The van der Waals surface area contributed by atoms with Crippen LogP contribution in [0.25, 0.3) is 10.9 Å². The van der Waals surface area contributed by atoms with Crippen LogP contribution in [0.3, 0.4) is 0 Å². The molecule has 2 N–H and O–H groups in total. The highest BCUT2D eigenvalue weighted by atomic mass is 15.1. The molecule has 0 aliphatic rings. The van der Waals surface area contributed by atoms with E-state index in [4.69, 9.17) is 0 Å². The first-order valence-electron chi connectivity index (χ1n) is 6.55. The normalized spacial score (nSPS) is 12.5. The third kappa shape index (κ3) is 2.60. The number of fused-ring (bicyclic) bond motifs is 1. The first kappa shape index (κ1) is 11.8. The molecule has 3 nitrogen and oxygen atoms in total. The Kier molecular flexibility index (Phi) is 3.19. The second kappa shape index (κ2) is 5.14. The SMILES string of the molecule is CC(CNc1ccc2cn[nH]c2c1)c1ccccc1. The number of H-pyrrole nitrogens is 1. The minimum atomic E-state index is 0.485. The van der Waals surface area contributed by atoms with Crippen molar-refractivity contribution in [1.29, 1.82) is 0 Å². The molecule has 0 saturated heterocycles. The average molecular weight is 251 g/mol. The first-order valence-corrected chi connectivity index (χ1v) is 6.55. The second-order valence-corrected chi connectivity index (χ2v) is 4.86. The van der Waals surface area contributed by atoms with Crippen molar-refractivity contribution in [3.63, 3.8) is 0 Å². The Bertz CT molecular complexity index is 658. The number of benzene rings is 2. The summed E-state index contributed by atoms with van der Waals surface area (Å²) in [7, 11) is 0. The van der Waals surface area contributed by atoms with Gasteiger partial charge >= 0.3 is 0 Å². The minimum absolute atomic E-state index is 0.485. The van der Waals surface area contributed by atoms with Crippen molar-refractivity contribution in [3.05, 3.63) is 60.3 Å². The summed E-state index contributed by atoms with van der Waals surface area (Å²) in [5, 5.41) is 11.6. The number of rotatable bonds is 4. The van der Waals surface area contributed by atoms with Gasteiger partial charge in [-0.05, 0) is 29.7 Å². The number of hydrogen-bond donors (Lipinski definition) is 2. The maximum atomic E-state index is 4.03. The van der Waals surface area contributed by atoms with Crippen LogP contribution in [0.5, 0.6) is 0 Å². The van der Waals surface area contributed by atoms with Crippen LogP contribution in [0.1, 0.15) is 18.4 Å². The molecular formula is C16H17N3. The number of anilines is 1. The van der Waals surface area contributed by atoms with Crippen molar-refractivity contribution in [3.8, 4) is 0 Å². The third-order valence-electron chi connectivity index (χ3n) is 3.42. The molecule has 3 rings (SSSR count). The van der Waals surface area contributed by atoms with E-state index >= 15 is 0 Å². The molecule has 0 aliphatic heterocycles. The Balaban J connectivity index is 1.68. The Morgan fingerprint density at radius 3 is 2.84 bits per heavy atom. The molecule has 0 bridgehead atoms. The number of aromatic nitrogens is 2. The largest absolute Gasteiger partial charge is 0.384 e. The molecule has 3 aromatic rings. The summed E-state index contributed by atoms with van der Waals surface area (Å²) in [5.41, 5.74) is 3.55. The molecule has 0 spiro atoms. The Labute approximate surface area is 112 Å². The zero-order valence-corrected chi connectivity index (χ0v) is 10.9. The van der Waals surface area contributed by atoms with E-state index in [0.717, 1.165) is 23.1 Å². The Morgan fingerprint density at radius 1 is 1.16 bits per heavy atom. The molecule has 0 amide bonds. The maximum Gasteiger partial charge on any atom is 0.0670 e. The van der Waals surface area contributed by atoms with E-state index in [1.807, 2.05) is 6.20 Å². The van der Waals surface area contributed by atoms with Crippen LogP contribution >= 0.6 is 0 Å². The van der Waals surface area contributed by atoms with Gasteiger partial charge in [0.25, 0.3) is 0 Å². The van der Waals surface area contributed by atoms with E-state index in [-0.39, 0.29) is 0 Å². The predicted octanol–water partition coefficient (Wildman–Crippen LogP) is 3.78. The van der Waals surface area contributed by atoms with E-state index in [1.165, 1.54) is 5.56 Å². The van der Waals surface area contributed by atoms with Gasteiger partial charge in [-0.2, -0.15) is 5.10 Å². The number of aromatic amines is 1. The van der Waals surface area contributed by atoms with E-state index in [1.54, 1.807) is 0 Å². The van der Waals surface area contributed by atoms with E-state index < -0.39 is 0 Å². The quantitative estimate of drug-likeness (QED) is 0.741. The monoisotopic (exact) mass is 251 g/mol. The van der Waals surface area contributed by atoms with Crippen LogP contribution < -0.4 is 5.32 Å². The molecule has 2 aromatic carbocycles. The second-order valence-electron chi connectivity index (χ2n) is 4.86. The van der Waals surface area contributed by atoms with Gasteiger partial charge in [-0.15, -0.1) is 0 Å². The highest BCUT2D eigenvalue weighted by Crippen LogP contribution is 2.19. The van der Waals surface area contributed by atoms with Gasteiger partial charge in [0, 0.05) is 17.6 Å². The smallest absolute Gasteiger partial charge is 0.0670 e. The Hall–Kier alpha value is -2.29. The lowest BCUT2D eigenvalue weighted by Gasteiger charge is -2.14. The highest BCUT2D eigenvalue weighted by Gasteiger charge is 2.05. The maximum absolute atomic E-state index is 4.03. The average Bonchev–Trinajstić information content (AvgIpc) is 2.93. The first-order chi connectivity index (χ1) is 9.33. The minimum Gasteiger partial charge on any atom is -0.384 e. The fourth-order valence-electron chi connectivity index (χ4n) is 2.22. The van der Waals surface area contributed by atoms with E-state index in [2.05, 4.69) is 71.0 Å². The summed E-state index contributed by atoms with van der Waals surface area (Å²) < 4.78 is 0. The lowest BCUT2D eigenvalue weighted by Crippen LogP contribution is -2.09. The van der Waals surface area contributed by atoms with Gasteiger partial charge in [0.05, 0.1) is 11.7 Å². The molecule has 0 aliphatic carbocycles. The molecule has 1 unspecified atom stereocenters. The summed E-state index contributed by atoms with van der Waals surface area (Å²) in [6, 6.07) is 16.8. The summed E-state index contributed by atoms with van der Waals surface area (Å²) in [5.74, 6) is 0.485. The topological polar surface area (TPSA) is 40.7 Å². The molecule has 1 atom stereocenters. The molecule has 0 saturated carbocycles. The van der Waals surface area contributed by atoms with Crippen molar-refractivity contribution in [1.82, 2.24) is 10.2 Å². The van der Waals surface area contributed by atoms with Gasteiger partial charge in [-0.3, -0.25) is 5.10 Å². The summed E-state index contributed by atoms with van der Waals surface area (Å²) >= 11 is 0. The van der Waals surface area contributed by atoms with Gasteiger partial charge in [0.2, 0.25) is 0 Å². The molecule has 19 heavy (non-hydrogen) atoms. The number of hydrogen-bond acceptors (Lipinski definition) is 2. The molecule has 0 radical (unpaired) electrons. The fraction of sp³-hybridized carbons (Fsp3) is 0.188. The third-order valence-corrected chi connectivity index (χ3v) is 3.42. The van der Waals surface area contributed by atoms with Crippen molar-refractivity contribution < 1.29 is 0 Å². The highest BCUT2D eigenvalue weighted by molar-refractivity contribution is 5.81. The Morgan fingerprint density at radius 2 is 2.00 bits per heavy atom. The van der Waals surface area contributed by atoms with Crippen LogP contribution in [0.2, 0.25) is 0 Å². The van der Waals surface area contributed by atoms with E-state index in [0.29, 0.717) is 5.92 Å².